The van der Waals surface area contributed by atoms with Crippen LogP contribution in [0.25, 0.3) is 11.0 Å². The highest BCUT2D eigenvalue weighted by Crippen LogP contribution is 2.23. The summed E-state index contributed by atoms with van der Waals surface area (Å²) in [4.78, 5) is 0.0413. The number of aromatic nitrogens is 4. The first-order valence-corrected chi connectivity index (χ1v) is 8.10. The molecule has 0 aliphatic heterocycles. The number of sulfonamides is 1. The minimum absolute atomic E-state index is 0.0413. The Morgan fingerprint density at radius 1 is 1.32 bits per heavy atom. The Balaban J connectivity index is 1.97. The SMILES string of the molecule is Cc1c(C(C)NS(=O)(=O)c2cccc3nonc23)cnn1C. The Labute approximate surface area is 127 Å². The normalized spacial score (nSPS) is 13.6. The number of aryl methyl sites for hydroxylation is 1. The van der Waals surface area contributed by atoms with Crippen molar-refractivity contribution in [2.45, 2.75) is 24.8 Å². The van der Waals surface area contributed by atoms with Crippen molar-refractivity contribution < 1.29 is 13.0 Å². The highest BCUT2D eigenvalue weighted by atomic mass is 32.2. The highest BCUT2D eigenvalue weighted by molar-refractivity contribution is 7.89. The lowest BCUT2D eigenvalue weighted by atomic mass is 10.1. The summed E-state index contributed by atoms with van der Waals surface area (Å²) in [5, 5.41) is 11.4. The van der Waals surface area contributed by atoms with Crippen molar-refractivity contribution in [3.8, 4) is 0 Å². The first-order valence-electron chi connectivity index (χ1n) is 6.62. The molecular formula is C13H15N5O3S. The van der Waals surface area contributed by atoms with Crippen LogP contribution in [-0.2, 0) is 17.1 Å². The molecule has 0 bridgehead atoms. The molecule has 0 aliphatic carbocycles. The maximum atomic E-state index is 12.6. The summed E-state index contributed by atoms with van der Waals surface area (Å²) in [6.45, 7) is 3.65. The average molecular weight is 321 g/mol. The largest absolute Gasteiger partial charge is 0.273 e. The lowest BCUT2D eigenvalue weighted by molar-refractivity contribution is 0.315. The topological polar surface area (TPSA) is 103 Å². The van der Waals surface area contributed by atoms with Crippen LogP contribution in [0.1, 0.15) is 24.2 Å². The predicted octanol–water partition coefficient (Wildman–Crippen LogP) is 1.30. The third-order valence-electron chi connectivity index (χ3n) is 3.61. The third kappa shape index (κ3) is 2.38. The molecule has 0 spiro atoms. The van der Waals surface area contributed by atoms with Crippen molar-refractivity contribution in [2.75, 3.05) is 0 Å². The van der Waals surface area contributed by atoms with Gasteiger partial charge in [-0.25, -0.2) is 17.8 Å². The van der Waals surface area contributed by atoms with Crippen molar-refractivity contribution in [3.63, 3.8) is 0 Å². The fraction of sp³-hybridized carbons (Fsp3) is 0.308. The minimum Gasteiger partial charge on any atom is -0.273 e. The molecule has 0 saturated carbocycles. The van der Waals surface area contributed by atoms with Gasteiger partial charge in [0, 0.05) is 24.3 Å². The minimum atomic E-state index is -3.76. The molecule has 116 valence electrons. The molecule has 3 rings (SSSR count). The van der Waals surface area contributed by atoms with E-state index in [9.17, 15) is 8.42 Å². The zero-order chi connectivity index (χ0) is 15.9. The van der Waals surface area contributed by atoms with Crippen molar-refractivity contribution in [1.29, 1.82) is 0 Å². The smallest absolute Gasteiger partial charge is 0.243 e. The van der Waals surface area contributed by atoms with Gasteiger partial charge < -0.3 is 0 Å². The summed E-state index contributed by atoms with van der Waals surface area (Å²) >= 11 is 0. The van der Waals surface area contributed by atoms with Crippen LogP contribution in [0.5, 0.6) is 0 Å². The van der Waals surface area contributed by atoms with E-state index >= 15 is 0 Å². The van der Waals surface area contributed by atoms with Crippen LogP contribution in [0.15, 0.2) is 33.9 Å². The van der Waals surface area contributed by atoms with Crippen LogP contribution in [0.4, 0.5) is 0 Å². The molecule has 1 atom stereocenters. The molecule has 22 heavy (non-hydrogen) atoms. The number of hydrogen-bond donors (Lipinski definition) is 1. The summed E-state index contributed by atoms with van der Waals surface area (Å²) in [5.41, 5.74) is 2.33. The third-order valence-corrected chi connectivity index (χ3v) is 5.18. The Hall–Kier alpha value is -2.26. The average Bonchev–Trinajstić information content (AvgIpc) is 3.05. The summed E-state index contributed by atoms with van der Waals surface area (Å²) in [5.74, 6) is 0. The standard InChI is InChI=1S/C13H15N5O3S/c1-8(10-7-14-18(3)9(10)2)17-22(19,20)12-6-4-5-11-13(12)16-21-15-11/h4-8,17H,1-3H3. The van der Waals surface area contributed by atoms with E-state index < -0.39 is 16.1 Å². The molecule has 1 N–H and O–H groups in total. The Kier molecular flexibility index (Phi) is 3.45. The van der Waals surface area contributed by atoms with Gasteiger partial charge in [0.05, 0.1) is 6.20 Å². The van der Waals surface area contributed by atoms with Crippen LogP contribution in [0.2, 0.25) is 0 Å². The summed E-state index contributed by atoms with van der Waals surface area (Å²) in [6.07, 6.45) is 1.65. The van der Waals surface area contributed by atoms with Gasteiger partial charge in [0.25, 0.3) is 0 Å². The van der Waals surface area contributed by atoms with E-state index in [2.05, 4.69) is 24.8 Å². The van der Waals surface area contributed by atoms with E-state index in [-0.39, 0.29) is 10.4 Å². The lowest BCUT2D eigenvalue weighted by Crippen LogP contribution is -2.27. The van der Waals surface area contributed by atoms with Gasteiger partial charge in [0.2, 0.25) is 10.0 Å². The van der Waals surface area contributed by atoms with Gasteiger partial charge in [-0.2, -0.15) is 5.10 Å². The molecule has 1 aromatic carbocycles. The molecule has 0 saturated heterocycles. The molecule has 9 heteroatoms. The van der Waals surface area contributed by atoms with E-state index in [1.54, 1.807) is 29.9 Å². The molecule has 2 heterocycles. The van der Waals surface area contributed by atoms with E-state index in [4.69, 9.17) is 0 Å². The molecule has 0 fully saturated rings. The first kappa shape index (κ1) is 14.7. The molecule has 1 unspecified atom stereocenters. The Morgan fingerprint density at radius 2 is 2.09 bits per heavy atom. The van der Waals surface area contributed by atoms with Crippen molar-refractivity contribution >= 4 is 21.1 Å². The van der Waals surface area contributed by atoms with Gasteiger partial charge >= 0.3 is 0 Å². The van der Waals surface area contributed by atoms with Crippen LogP contribution >= 0.6 is 0 Å². The molecule has 2 aromatic heterocycles. The molecule has 3 aromatic rings. The summed E-state index contributed by atoms with van der Waals surface area (Å²) < 4.78 is 34.1. The maximum Gasteiger partial charge on any atom is 0.243 e. The van der Waals surface area contributed by atoms with Crippen LogP contribution in [0.3, 0.4) is 0 Å². The highest BCUT2D eigenvalue weighted by Gasteiger charge is 2.24. The lowest BCUT2D eigenvalue weighted by Gasteiger charge is -2.14. The Bertz CT molecular complexity index is 928. The van der Waals surface area contributed by atoms with Gasteiger partial charge in [-0.3, -0.25) is 4.68 Å². The zero-order valence-electron chi connectivity index (χ0n) is 12.3. The second-order valence-electron chi connectivity index (χ2n) is 5.04. The fourth-order valence-corrected chi connectivity index (χ4v) is 3.67. The van der Waals surface area contributed by atoms with Crippen molar-refractivity contribution in [2.24, 2.45) is 7.05 Å². The number of nitrogens with one attached hydrogen (secondary N) is 1. The number of rotatable bonds is 4. The molecular weight excluding hydrogens is 306 g/mol. The first-order chi connectivity index (χ1) is 10.4. The number of nitrogens with zero attached hydrogens (tertiary/aromatic N) is 4. The van der Waals surface area contributed by atoms with Crippen LogP contribution < -0.4 is 4.72 Å². The van der Waals surface area contributed by atoms with Crippen molar-refractivity contribution in [3.05, 3.63) is 35.7 Å². The molecule has 0 amide bonds. The molecule has 0 aliphatic rings. The summed E-state index contributed by atoms with van der Waals surface area (Å²) in [6, 6.07) is 4.28. The predicted molar refractivity (Wildman–Crippen MR) is 78.5 cm³/mol. The van der Waals surface area contributed by atoms with Gasteiger partial charge in [0.1, 0.15) is 10.4 Å². The van der Waals surface area contributed by atoms with Gasteiger partial charge in [-0.15, -0.1) is 0 Å². The van der Waals surface area contributed by atoms with Gasteiger partial charge in [0.15, 0.2) is 5.52 Å². The zero-order valence-corrected chi connectivity index (χ0v) is 13.1. The maximum absolute atomic E-state index is 12.6. The van der Waals surface area contributed by atoms with E-state index in [0.29, 0.717) is 5.52 Å². The number of fused-ring (bicyclic) bond motifs is 1. The number of benzene rings is 1. The number of hydrogen-bond acceptors (Lipinski definition) is 6. The van der Waals surface area contributed by atoms with Gasteiger partial charge in [-0.05, 0) is 36.3 Å². The van der Waals surface area contributed by atoms with E-state index in [1.807, 2.05) is 14.0 Å². The van der Waals surface area contributed by atoms with E-state index in [0.717, 1.165) is 11.3 Å². The van der Waals surface area contributed by atoms with Crippen LogP contribution in [0, 0.1) is 6.92 Å². The molecule has 8 nitrogen and oxygen atoms in total. The summed E-state index contributed by atoms with van der Waals surface area (Å²) in [7, 11) is -1.95. The Morgan fingerprint density at radius 3 is 2.77 bits per heavy atom. The monoisotopic (exact) mass is 321 g/mol. The second-order valence-corrected chi connectivity index (χ2v) is 6.72. The van der Waals surface area contributed by atoms with Gasteiger partial charge in [-0.1, -0.05) is 6.07 Å². The van der Waals surface area contributed by atoms with Crippen molar-refractivity contribution in [1.82, 2.24) is 24.8 Å². The fourth-order valence-electron chi connectivity index (χ4n) is 2.30. The quantitative estimate of drug-likeness (QED) is 0.777. The second kappa shape index (κ2) is 5.18. The molecule has 0 radical (unpaired) electrons. The van der Waals surface area contributed by atoms with Crippen LogP contribution in [-0.4, -0.2) is 28.5 Å². The van der Waals surface area contributed by atoms with E-state index in [1.165, 1.54) is 6.07 Å².